The fourth-order valence-electron chi connectivity index (χ4n) is 3.59. The standard InChI is InChI=1S/C20H17N5O2/c1-23-17-9-14(27-2)6-7-15(17)16-10-21-25(20(26)19(16)23)12-13-11-24-8-4-3-5-18(24)22-13/h3-11H,12H2,1-2H3. The van der Waals surface area contributed by atoms with Crippen LogP contribution in [0.15, 0.2) is 59.8 Å². The highest BCUT2D eigenvalue weighted by Crippen LogP contribution is 2.28. The lowest BCUT2D eigenvalue weighted by Gasteiger charge is -2.03. The van der Waals surface area contributed by atoms with E-state index in [1.165, 1.54) is 4.68 Å². The van der Waals surface area contributed by atoms with Crippen molar-refractivity contribution in [1.82, 2.24) is 23.7 Å². The van der Waals surface area contributed by atoms with Crippen LogP contribution in [-0.4, -0.2) is 30.8 Å². The summed E-state index contributed by atoms with van der Waals surface area (Å²) in [4.78, 5) is 17.7. The third-order valence-corrected chi connectivity index (χ3v) is 4.94. The summed E-state index contributed by atoms with van der Waals surface area (Å²) in [5.74, 6) is 0.756. The number of fused-ring (bicyclic) bond motifs is 4. The molecule has 0 aliphatic rings. The van der Waals surface area contributed by atoms with Gasteiger partial charge in [-0.05, 0) is 24.3 Å². The minimum absolute atomic E-state index is 0.137. The Morgan fingerprint density at radius 1 is 1.15 bits per heavy atom. The Bertz CT molecular complexity index is 1340. The van der Waals surface area contributed by atoms with Crippen molar-refractivity contribution in [1.29, 1.82) is 0 Å². The van der Waals surface area contributed by atoms with Crippen LogP contribution in [0.3, 0.4) is 0 Å². The Morgan fingerprint density at radius 3 is 2.85 bits per heavy atom. The van der Waals surface area contributed by atoms with Crippen LogP contribution in [0.4, 0.5) is 0 Å². The molecule has 0 aliphatic heterocycles. The van der Waals surface area contributed by atoms with Crippen LogP contribution in [0.1, 0.15) is 5.69 Å². The fraction of sp³-hybridized carbons (Fsp3) is 0.150. The maximum atomic E-state index is 13.1. The molecule has 27 heavy (non-hydrogen) atoms. The van der Waals surface area contributed by atoms with Crippen molar-refractivity contribution in [2.75, 3.05) is 7.11 Å². The van der Waals surface area contributed by atoms with E-state index in [0.717, 1.165) is 33.4 Å². The van der Waals surface area contributed by atoms with Gasteiger partial charge in [0.05, 0.1) is 31.1 Å². The van der Waals surface area contributed by atoms with Crippen molar-refractivity contribution < 1.29 is 4.74 Å². The quantitative estimate of drug-likeness (QED) is 0.497. The van der Waals surface area contributed by atoms with Crippen LogP contribution < -0.4 is 10.3 Å². The van der Waals surface area contributed by atoms with Crippen LogP contribution >= 0.6 is 0 Å². The van der Waals surface area contributed by atoms with Gasteiger partial charge in [-0.3, -0.25) is 4.79 Å². The van der Waals surface area contributed by atoms with Crippen molar-refractivity contribution in [3.63, 3.8) is 0 Å². The smallest absolute Gasteiger partial charge is 0.291 e. The first-order chi connectivity index (χ1) is 13.2. The first kappa shape index (κ1) is 15.6. The Hall–Kier alpha value is -3.61. The minimum Gasteiger partial charge on any atom is -0.497 e. The fourth-order valence-corrected chi connectivity index (χ4v) is 3.59. The zero-order valence-corrected chi connectivity index (χ0v) is 15.0. The van der Waals surface area contributed by atoms with Crippen LogP contribution in [-0.2, 0) is 13.6 Å². The van der Waals surface area contributed by atoms with Crippen molar-refractivity contribution in [2.45, 2.75) is 6.54 Å². The van der Waals surface area contributed by atoms with Crippen LogP contribution in [0.5, 0.6) is 5.75 Å². The number of methoxy groups -OCH3 is 1. The van der Waals surface area contributed by atoms with Gasteiger partial charge in [0.25, 0.3) is 5.56 Å². The van der Waals surface area contributed by atoms with Gasteiger partial charge in [0, 0.05) is 36.3 Å². The molecular weight excluding hydrogens is 342 g/mol. The Morgan fingerprint density at radius 2 is 2.04 bits per heavy atom. The highest BCUT2D eigenvalue weighted by atomic mass is 16.5. The molecule has 0 unspecified atom stereocenters. The van der Waals surface area contributed by atoms with Gasteiger partial charge in [-0.1, -0.05) is 6.07 Å². The van der Waals surface area contributed by atoms with Gasteiger partial charge in [-0.2, -0.15) is 5.10 Å². The SMILES string of the molecule is COc1ccc2c3cnn(Cc4cn5ccccc5n4)c(=O)c3n(C)c2c1. The van der Waals surface area contributed by atoms with Gasteiger partial charge >= 0.3 is 0 Å². The zero-order chi connectivity index (χ0) is 18.5. The summed E-state index contributed by atoms with van der Waals surface area (Å²) in [7, 11) is 3.52. The van der Waals surface area contributed by atoms with Gasteiger partial charge in [-0.25, -0.2) is 9.67 Å². The summed E-state index contributed by atoms with van der Waals surface area (Å²) >= 11 is 0. The van der Waals surface area contributed by atoms with Crippen molar-refractivity contribution >= 4 is 27.5 Å². The second-order valence-corrected chi connectivity index (χ2v) is 6.51. The van der Waals surface area contributed by atoms with Crippen LogP contribution in [0.25, 0.3) is 27.5 Å². The first-order valence-corrected chi connectivity index (χ1v) is 8.60. The highest BCUT2D eigenvalue weighted by molar-refractivity contribution is 6.07. The molecule has 7 nitrogen and oxygen atoms in total. The van der Waals surface area contributed by atoms with E-state index < -0.39 is 0 Å². The number of nitrogens with zero attached hydrogens (tertiary/aromatic N) is 5. The lowest BCUT2D eigenvalue weighted by atomic mass is 10.2. The Balaban J connectivity index is 1.67. The summed E-state index contributed by atoms with van der Waals surface area (Å²) in [5, 5.41) is 6.21. The molecule has 0 amide bonds. The molecule has 7 heteroatoms. The van der Waals surface area contributed by atoms with Gasteiger partial charge in [0.15, 0.2) is 0 Å². The van der Waals surface area contributed by atoms with Gasteiger partial charge in [-0.15, -0.1) is 0 Å². The van der Waals surface area contributed by atoms with Crippen LogP contribution in [0, 0.1) is 0 Å². The summed E-state index contributed by atoms with van der Waals surface area (Å²) in [5.41, 5.74) is 3.06. The van der Waals surface area contributed by atoms with Crippen LogP contribution in [0.2, 0.25) is 0 Å². The molecule has 0 bridgehead atoms. The second kappa shape index (κ2) is 5.70. The lowest BCUT2D eigenvalue weighted by Crippen LogP contribution is -2.24. The first-order valence-electron chi connectivity index (χ1n) is 8.60. The average Bonchev–Trinajstić information content (AvgIpc) is 3.22. The molecule has 0 radical (unpaired) electrons. The molecule has 0 spiro atoms. The summed E-state index contributed by atoms with van der Waals surface area (Å²) < 4.78 is 10.6. The predicted molar refractivity (Wildman–Crippen MR) is 103 cm³/mol. The third kappa shape index (κ3) is 2.32. The zero-order valence-electron chi connectivity index (χ0n) is 15.0. The molecule has 0 fully saturated rings. The molecular formula is C20H17N5O2. The van der Waals surface area contributed by atoms with Gasteiger partial charge in [0.2, 0.25) is 0 Å². The van der Waals surface area contributed by atoms with E-state index in [0.29, 0.717) is 12.1 Å². The number of pyridine rings is 1. The number of aromatic nitrogens is 5. The molecule has 1 aromatic carbocycles. The van der Waals surface area contributed by atoms with E-state index in [-0.39, 0.29) is 5.56 Å². The number of rotatable bonds is 3. The molecule has 4 heterocycles. The average molecular weight is 359 g/mol. The summed E-state index contributed by atoms with van der Waals surface area (Å²) in [6.45, 7) is 0.321. The number of hydrogen-bond acceptors (Lipinski definition) is 4. The molecule has 0 N–H and O–H groups in total. The maximum absolute atomic E-state index is 13.1. The van der Waals surface area contributed by atoms with E-state index in [2.05, 4.69) is 10.1 Å². The highest BCUT2D eigenvalue weighted by Gasteiger charge is 2.15. The molecule has 0 atom stereocenters. The van der Waals surface area contributed by atoms with E-state index >= 15 is 0 Å². The molecule has 0 saturated heterocycles. The van der Waals surface area contributed by atoms with E-state index in [4.69, 9.17) is 4.74 Å². The summed E-state index contributed by atoms with van der Waals surface area (Å²) in [6, 6.07) is 11.6. The monoisotopic (exact) mass is 359 g/mol. The maximum Gasteiger partial charge on any atom is 0.291 e. The number of imidazole rings is 1. The molecule has 134 valence electrons. The van der Waals surface area contributed by atoms with Crippen molar-refractivity contribution in [3.8, 4) is 5.75 Å². The Kier molecular flexibility index (Phi) is 3.30. The normalized spacial score (nSPS) is 11.6. The van der Waals surface area contributed by atoms with Crippen molar-refractivity contribution in [2.24, 2.45) is 7.05 Å². The molecule has 5 aromatic rings. The van der Waals surface area contributed by atoms with Gasteiger partial charge < -0.3 is 13.7 Å². The van der Waals surface area contributed by atoms with E-state index in [9.17, 15) is 4.79 Å². The topological polar surface area (TPSA) is 66.3 Å². The number of hydrogen-bond donors (Lipinski definition) is 0. The van der Waals surface area contributed by atoms with E-state index in [1.807, 2.05) is 64.8 Å². The summed E-state index contributed by atoms with van der Waals surface area (Å²) in [6.07, 6.45) is 5.60. The number of benzene rings is 1. The van der Waals surface area contributed by atoms with Crippen molar-refractivity contribution in [3.05, 3.63) is 71.0 Å². The molecule has 5 rings (SSSR count). The minimum atomic E-state index is -0.137. The molecule has 0 saturated carbocycles. The lowest BCUT2D eigenvalue weighted by molar-refractivity contribution is 0.415. The van der Waals surface area contributed by atoms with E-state index in [1.54, 1.807) is 13.3 Å². The van der Waals surface area contributed by atoms with Gasteiger partial charge in [0.1, 0.15) is 16.9 Å². The Labute approximate surface area is 154 Å². The predicted octanol–water partition coefficient (Wildman–Crippen LogP) is 2.59. The number of aryl methyl sites for hydroxylation is 1. The number of ether oxygens (including phenoxy) is 1. The molecule has 4 aromatic heterocycles. The third-order valence-electron chi connectivity index (χ3n) is 4.94. The largest absolute Gasteiger partial charge is 0.497 e. The second-order valence-electron chi connectivity index (χ2n) is 6.51. The molecule has 0 aliphatic carbocycles.